The lowest BCUT2D eigenvalue weighted by Crippen LogP contribution is -2.18. The van der Waals surface area contributed by atoms with E-state index in [9.17, 15) is 0 Å². The highest BCUT2D eigenvalue weighted by Gasteiger charge is 2.12. The maximum Gasteiger partial charge on any atom is 0.221 e. The minimum absolute atomic E-state index is 0.166. The molecule has 1 heterocycles. The van der Waals surface area contributed by atoms with E-state index < -0.39 is 0 Å². The van der Waals surface area contributed by atoms with Gasteiger partial charge in [0.05, 0.1) is 5.60 Å². The number of ether oxygens (including phenoxy) is 1. The molecule has 0 atom stereocenters. The summed E-state index contributed by atoms with van der Waals surface area (Å²) in [5, 5.41) is 0. The molecule has 0 amide bonds. The summed E-state index contributed by atoms with van der Waals surface area (Å²) in [4.78, 5) is 4.32. The van der Waals surface area contributed by atoms with Crippen LogP contribution < -0.4 is 0 Å². The summed E-state index contributed by atoms with van der Waals surface area (Å²) in [6.07, 6.45) is 0. The lowest BCUT2D eigenvalue weighted by atomic mass is 10.2. The Morgan fingerprint density at radius 3 is 2.67 bits per heavy atom. The Kier molecular flexibility index (Phi) is 2.49. The van der Waals surface area contributed by atoms with Gasteiger partial charge in [0.15, 0.2) is 5.58 Å². The van der Waals surface area contributed by atoms with Gasteiger partial charge in [0.1, 0.15) is 12.1 Å². The summed E-state index contributed by atoms with van der Waals surface area (Å²) < 4.78 is 11.1. The van der Waals surface area contributed by atoms with Crippen LogP contribution in [0.5, 0.6) is 0 Å². The normalized spacial score (nSPS) is 12.2. The smallest absolute Gasteiger partial charge is 0.221 e. The molecule has 3 heteroatoms. The molecule has 2 aromatic rings. The number of para-hydroxylation sites is 2. The fraction of sp³-hybridized carbons (Fsp3) is 0.417. The molecule has 0 bridgehead atoms. The fourth-order valence-corrected chi connectivity index (χ4v) is 1.26. The molecule has 15 heavy (non-hydrogen) atoms. The number of fused-ring (bicyclic) bond motifs is 1. The van der Waals surface area contributed by atoms with Gasteiger partial charge >= 0.3 is 0 Å². The van der Waals surface area contributed by atoms with Crippen LogP contribution in [0.15, 0.2) is 28.7 Å². The van der Waals surface area contributed by atoms with Crippen molar-refractivity contribution in [2.24, 2.45) is 0 Å². The van der Waals surface area contributed by atoms with Crippen molar-refractivity contribution >= 4 is 11.1 Å². The Balaban J connectivity index is 2.16. The van der Waals surface area contributed by atoms with Crippen molar-refractivity contribution in [1.29, 1.82) is 0 Å². The molecule has 3 nitrogen and oxygen atoms in total. The van der Waals surface area contributed by atoms with Crippen molar-refractivity contribution < 1.29 is 9.15 Å². The van der Waals surface area contributed by atoms with E-state index in [4.69, 9.17) is 9.15 Å². The van der Waals surface area contributed by atoms with Gasteiger partial charge < -0.3 is 9.15 Å². The van der Waals surface area contributed by atoms with Gasteiger partial charge in [-0.2, -0.15) is 0 Å². The van der Waals surface area contributed by atoms with E-state index >= 15 is 0 Å². The predicted octanol–water partition coefficient (Wildman–Crippen LogP) is 3.14. The van der Waals surface area contributed by atoms with Crippen LogP contribution in [0.1, 0.15) is 26.7 Å². The van der Waals surface area contributed by atoms with Crippen LogP contribution in [0.25, 0.3) is 11.1 Å². The molecule has 0 aliphatic rings. The second kappa shape index (κ2) is 3.66. The second-order valence-corrected chi connectivity index (χ2v) is 4.48. The number of benzene rings is 1. The SMILES string of the molecule is CC(C)(C)OCc1nc2ccccc2o1. The molecule has 0 saturated carbocycles. The number of oxazole rings is 1. The minimum atomic E-state index is -0.166. The third-order valence-electron chi connectivity index (χ3n) is 1.97. The molecule has 1 aromatic carbocycles. The maximum absolute atomic E-state index is 5.59. The highest BCUT2D eigenvalue weighted by atomic mass is 16.5. The van der Waals surface area contributed by atoms with Gasteiger partial charge in [-0.25, -0.2) is 4.98 Å². The number of rotatable bonds is 2. The van der Waals surface area contributed by atoms with Crippen LogP contribution >= 0.6 is 0 Å². The molecule has 0 aliphatic carbocycles. The largest absolute Gasteiger partial charge is 0.438 e. The Bertz CT molecular complexity index is 421. The van der Waals surface area contributed by atoms with Crippen LogP contribution in [0, 0.1) is 0 Å². The van der Waals surface area contributed by atoms with Crippen molar-refractivity contribution in [3.8, 4) is 0 Å². The van der Waals surface area contributed by atoms with E-state index in [1.807, 2.05) is 45.0 Å². The quantitative estimate of drug-likeness (QED) is 0.755. The first-order valence-corrected chi connectivity index (χ1v) is 5.03. The van der Waals surface area contributed by atoms with E-state index in [1.165, 1.54) is 0 Å². The van der Waals surface area contributed by atoms with Crippen molar-refractivity contribution in [3.63, 3.8) is 0 Å². The van der Waals surface area contributed by atoms with Crippen molar-refractivity contribution in [2.75, 3.05) is 0 Å². The Morgan fingerprint density at radius 1 is 1.27 bits per heavy atom. The van der Waals surface area contributed by atoms with Crippen LogP contribution in [-0.4, -0.2) is 10.6 Å². The summed E-state index contributed by atoms with van der Waals surface area (Å²) >= 11 is 0. The van der Waals surface area contributed by atoms with E-state index in [-0.39, 0.29) is 5.60 Å². The second-order valence-electron chi connectivity index (χ2n) is 4.48. The summed E-state index contributed by atoms with van der Waals surface area (Å²) in [6.45, 7) is 6.44. The van der Waals surface area contributed by atoms with Crippen molar-refractivity contribution in [3.05, 3.63) is 30.2 Å². The molecular formula is C12H15NO2. The minimum Gasteiger partial charge on any atom is -0.438 e. The first-order valence-electron chi connectivity index (χ1n) is 5.03. The monoisotopic (exact) mass is 205 g/mol. The standard InChI is InChI=1S/C12H15NO2/c1-12(2,3)14-8-11-13-9-6-4-5-7-10(9)15-11/h4-7H,8H2,1-3H3. The third kappa shape index (κ3) is 2.57. The summed E-state index contributed by atoms with van der Waals surface area (Å²) in [5.74, 6) is 0.631. The highest BCUT2D eigenvalue weighted by Crippen LogP contribution is 2.17. The van der Waals surface area contributed by atoms with E-state index in [2.05, 4.69) is 4.98 Å². The lowest BCUT2D eigenvalue weighted by Gasteiger charge is -2.17. The zero-order valence-corrected chi connectivity index (χ0v) is 9.28. The zero-order valence-electron chi connectivity index (χ0n) is 9.28. The number of hydrogen-bond donors (Lipinski definition) is 0. The molecule has 80 valence electrons. The number of nitrogens with zero attached hydrogens (tertiary/aromatic N) is 1. The summed E-state index contributed by atoms with van der Waals surface area (Å²) in [5.41, 5.74) is 1.52. The van der Waals surface area contributed by atoms with E-state index in [0.717, 1.165) is 11.1 Å². The molecule has 0 spiro atoms. The van der Waals surface area contributed by atoms with Crippen molar-refractivity contribution in [1.82, 2.24) is 4.98 Å². The lowest BCUT2D eigenvalue weighted by molar-refractivity contribution is -0.0238. The summed E-state index contributed by atoms with van der Waals surface area (Å²) in [7, 11) is 0. The molecule has 0 saturated heterocycles. The molecule has 0 fully saturated rings. The van der Waals surface area contributed by atoms with Crippen LogP contribution in [0.2, 0.25) is 0 Å². The zero-order chi connectivity index (χ0) is 10.9. The molecule has 2 rings (SSSR count). The van der Waals surface area contributed by atoms with E-state index in [1.54, 1.807) is 0 Å². The Labute approximate surface area is 89.1 Å². The molecule has 0 unspecified atom stereocenters. The first-order chi connectivity index (χ1) is 7.04. The van der Waals surface area contributed by atoms with Gasteiger partial charge in [-0.05, 0) is 32.9 Å². The number of aromatic nitrogens is 1. The molecule has 1 aromatic heterocycles. The van der Waals surface area contributed by atoms with Gasteiger partial charge in [0.25, 0.3) is 0 Å². The van der Waals surface area contributed by atoms with Crippen LogP contribution in [0.4, 0.5) is 0 Å². The molecule has 0 aliphatic heterocycles. The Morgan fingerprint density at radius 2 is 2.00 bits per heavy atom. The highest BCUT2D eigenvalue weighted by molar-refractivity contribution is 5.72. The van der Waals surface area contributed by atoms with Crippen LogP contribution in [-0.2, 0) is 11.3 Å². The van der Waals surface area contributed by atoms with Gasteiger partial charge in [0, 0.05) is 0 Å². The van der Waals surface area contributed by atoms with Gasteiger partial charge in [-0.3, -0.25) is 0 Å². The van der Waals surface area contributed by atoms with Gasteiger partial charge in [-0.1, -0.05) is 12.1 Å². The molecule has 0 N–H and O–H groups in total. The maximum atomic E-state index is 5.59. The summed E-state index contributed by atoms with van der Waals surface area (Å²) in [6, 6.07) is 7.71. The van der Waals surface area contributed by atoms with Crippen LogP contribution in [0.3, 0.4) is 0 Å². The topological polar surface area (TPSA) is 35.3 Å². The van der Waals surface area contributed by atoms with E-state index in [0.29, 0.717) is 12.5 Å². The van der Waals surface area contributed by atoms with Gasteiger partial charge in [0.2, 0.25) is 5.89 Å². The molecular weight excluding hydrogens is 190 g/mol. The average Bonchev–Trinajstić information content (AvgIpc) is 2.56. The van der Waals surface area contributed by atoms with Crippen molar-refractivity contribution in [2.45, 2.75) is 33.0 Å². The number of hydrogen-bond acceptors (Lipinski definition) is 3. The average molecular weight is 205 g/mol. The molecule has 0 radical (unpaired) electrons. The Hall–Kier alpha value is -1.35. The fourth-order valence-electron chi connectivity index (χ4n) is 1.26. The first kappa shape index (κ1) is 10.2. The van der Waals surface area contributed by atoms with Gasteiger partial charge in [-0.15, -0.1) is 0 Å². The predicted molar refractivity (Wildman–Crippen MR) is 58.6 cm³/mol. The third-order valence-corrected chi connectivity index (χ3v) is 1.97.